The van der Waals surface area contributed by atoms with Gasteiger partial charge in [0.1, 0.15) is 18.0 Å². The van der Waals surface area contributed by atoms with E-state index in [-0.39, 0.29) is 6.03 Å². The first kappa shape index (κ1) is 12.2. The average molecular weight is 281 g/mol. The van der Waals surface area contributed by atoms with Crippen LogP contribution in [0.15, 0.2) is 42.7 Å². The maximum absolute atomic E-state index is 12.9. The van der Waals surface area contributed by atoms with Crippen LogP contribution in [0.5, 0.6) is 5.75 Å². The van der Waals surface area contributed by atoms with Crippen molar-refractivity contribution in [2.24, 2.45) is 0 Å². The lowest BCUT2D eigenvalue weighted by molar-refractivity contribution is 0.245. The van der Waals surface area contributed by atoms with E-state index in [4.69, 9.17) is 4.74 Å². The van der Waals surface area contributed by atoms with Gasteiger partial charge in [0.15, 0.2) is 0 Å². The van der Waals surface area contributed by atoms with E-state index in [1.165, 1.54) is 5.56 Å². The Bertz CT molecular complexity index is 701. The van der Waals surface area contributed by atoms with E-state index in [9.17, 15) is 4.79 Å². The van der Waals surface area contributed by atoms with Gasteiger partial charge in [0.25, 0.3) is 0 Å². The molecule has 5 heteroatoms. The summed E-state index contributed by atoms with van der Waals surface area (Å²) in [5, 5.41) is 0. The molecule has 3 heterocycles. The molecule has 2 aliphatic rings. The zero-order valence-corrected chi connectivity index (χ0v) is 11.5. The summed E-state index contributed by atoms with van der Waals surface area (Å²) < 4.78 is 5.58. The van der Waals surface area contributed by atoms with E-state index in [1.807, 2.05) is 23.1 Å². The molecular weight excluding hydrogens is 266 g/mol. The van der Waals surface area contributed by atoms with Crippen LogP contribution < -0.4 is 14.5 Å². The van der Waals surface area contributed by atoms with E-state index >= 15 is 0 Å². The Balaban J connectivity index is 1.68. The van der Waals surface area contributed by atoms with Crippen LogP contribution in [0.3, 0.4) is 0 Å². The van der Waals surface area contributed by atoms with Crippen molar-refractivity contribution in [1.29, 1.82) is 0 Å². The molecular formula is C16H15N3O2. The molecule has 1 aromatic carbocycles. The number of nitrogens with zero attached hydrogens (tertiary/aromatic N) is 3. The molecule has 0 bridgehead atoms. The minimum absolute atomic E-state index is 0.00231. The highest BCUT2D eigenvalue weighted by Crippen LogP contribution is 2.34. The molecule has 5 nitrogen and oxygen atoms in total. The van der Waals surface area contributed by atoms with E-state index in [0.29, 0.717) is 13.2 Å². The molecule has 0 radical (unpaired) electrons. The summed E-state index contributed by atoms with van der Waals surface area (Å²) in [7, 11) is 0. The molecule has 4 rings (SSSR count). The summed E-state index contributed by atoms with van der Waals surface area (Å²) in [6, 6.07) is 9.87. The first-order chi connectivity index (χ1) is 10.3. The molecule has 0 fully saturated rings. The number of ether oxygens (including phenoxy) is 1. The molecule has 106 valence electrons. The second-order valence-electron chi connectivity index (χ2n) is 5.16. The van der Waals surface area contributed by atoms with E-state index in [1.54, 1.807) is 23.4 Å². The number of amides is 2. The predicted molar refractivity (Wildman–Crippen MR) is 80.0 cm³/mol. The molecule has 1 aromatic heterocycles. The van der Waals surface area contributed by atoms with Gasteiger partial charge >= 0.3 is 6.03 Å². The van der Waals surface area contributed by atoms with E-state index in [0.717, 1.165) is 30.1 Å². The third kappa shape index (κ3) is 1.93. The van der Waals surface area contributed by atoms with Gasteiger partial charge in [-0.25, -0.2) is 4.79 Å². The summed E-state index contributed by atoms with van der Waals surface area (Å²) in [6.45, 7) is 1.79. The Hall–Kier alpha value is -2.56. The zero-order valence-electron chi connectivity index (χ0n) is 11.5. The van der Waals surface area contributed by atoms with Gasteiger partial charge in [0.2, 0.25) is 0 Å². The maximum Gasteiger partial charge on any atom is 0.329 e. The molecule has 2 aromatic rings. The lowest BCUT2D eigenvalue weighted by Crippen LogP contribution is -2.46. The summed E-state index contributed by atoms with van der Waals surface area (Å²) in [6.07, 6.45) is 4.28. The van der Waals surface area contributed by atoms with Gasteiger partial charge in [0.05, 0.1) is 12.7 Å². The molecule has 0 saturated carbocycles. The van der Waals surface area contributed by atoms with Gasteiger partial charge in [0, 0.05) is 24.5 Å². The topological polar surface area (TPSA) is 45.7 Å². The Labute approximate surface area is 122 Å². The highest BCUT2D eigenvalue weighted by atomic mass is 16.5. The van der Waals surface area contributed by atoms with Gasteiger partial charge in [-0.3, -0.25) is 14.8 Å². The largest absolute Gasteiger partial charge is 0.489 e. The van der Waals surface area contributed by atoms with Crippen molar-refractivity contribution in [3.63, 3.8) is 0 Å². The zero-order chi connectivity index (χ0) is 14.2. The third-order valence-corrected chi connectivity index (χ3v) is 3.97. The van der Waals surface area contributed by atoms with Crippen LogP contribution in [0.1, 0.15) is 5.56 Å². The quantitative estimate of drug-likeness (QED) is 0.745. The van der Waals surface area contributed by atoms with Gasteiger partial charge in [-0.05, 0) is 18.1 Å². The molecule has 0 N–H and O–H groups in total. The SMILES string of the molecule is O=C(N1CCc2ccccc21)N1CCOc2ccncc21. The highest BCUT2D eigenvalue weighted by Gasteiger charge is 2.31. The number of hydrogen-bond acceptors (Lipinski definition) is 3. The summed E-state index contributed by atoms with van der Waals surface area (Å²) in [5.41, 5.74) is 2.99. The summed E-state index contributed by atoms with van der Waals surface area (Å²) >= 11 is 0. The van der Waals surface area contributed by atoms with Crippen LogP contribution in [-0.2, 0) is 6.42 Å². The first-order valence-electron chi connectivity index (χ1n) is 7.08. The molecule has 2 aliphatic heterocycles. The second kappa shape index (κ2) is 4.77. The summed E-state index contributed by atoms with van der Waals surface area (Å²) in [5.74, 6) is 0.720. The monoisotopic (exact) mass is 281 g/mol. The number of anilines is 2. The van der Waals surface area contributed by atoms with Crippen LogP contribution in [0.4, 0.5) is 16.2 Å². The molecule has 0 spiro atoms. The normalized spacial score (nSPS) is 16.2. The molecule has 0 unspecified atom stereocenters. The van der Waals surface area contributed by atoms with Crippen molar-refractivity contribution in [1.82, 2.24) is 4.98 Å². The number of urea groups is 1. The lowest BCUT2D eigenvalue weighted by Gasteiger charge is -2.32. The van der Waals surface area contributed by atoms with Crippen LogP contribution in [0.2, 0.25) is 0 Å². The number of carbonyl (C=O) groups is 1. The number of rotatable bonds is 0. The van der Waals surface area contributed by atoms with E-state index in [2.05, 4.69) is 11.1 Å². The number of aromatic nitrogens is 1. The fraction of sp³-hybridized carbons (Fsp3) is 0.250. The smallest absolute Gasteiger partial charge is 0.329 e. The van der Waals surface area contributed by atoms with Crippen molar-refractivity contribution in [3.8, 4) is 5.75 Å². The summed E-state index contributed by atoms with van der Waals surface area (Å²) in [4.78, 5) is 20.6. The average Bonchev–Trinajstić information content (AvgIpc) is 2.98. The molecule has 0 saturated heterocycles. The predicted octanol–water partition coefficient (Wildman–Crippen LogP) is 2.46. The maximum atomic E-state index is 12.9. The lowest BCUT2D eigenvalue weighted by atomic mass is 10.2. The van der Waals surface area contributed by atoms with Gasteiger partial charge in [-0.2, -0.15) is 0 Å². The number of fused-ring (bicyclic) bond motifs is 2. The Morgan fingerprint density at radius 1 is 1.10 bits per heavy atom. The number of hydrogen-bond donors (Lipinski definition) is 0. The fourth-order valence-electron chi connectivity index (χ4n) is 2.95. The van der Waals surface area contributed by atoms with Crippen molar-refractivity contribution in [2.75, 3.05) is 29.5 Å². The van der Waals surface area contributed by atoms with Crippen LogP contribution in [0, 0.1) is 0 Å². The molecule has 0 aliphatic carbocycles. The molecule has 2 amide bonds. The van der Waals surface area contributed by atoms with Crippen molar-refractivity contribution in [2.45, 2.75) is 6.42 Å². The van der Waals surface area contributed by atoms with Crippen molar-refractivity contribution in [3.05, 3.63) is 48.3 Å². The van der Waals surface area contributed by atoms with Crippen LogP contribution in [-0.4, -0.2) is 30.7 Å². The second-order valence-corrected chi connectivity index (χ2v) is 5.16. The Morgan fingerprint density at radius 2 is 1.95 bits per heavy atom. The number of para-hydroxylation sites is 1. The van der Waals surface area contributed by atoms with Gasteiger partial charge in [-0.1, -0.05) is 18.2 Å². The first-order valence-corrected chi connectivity index (χ1v) is 7.08. The van der Waals surface area contributed by atoms with Gasteiger partial charge < -0.3 is 4.74 Å². The molecule has 21 heavy (non-hydrogen) atoms. The number of carbonyl (C=O) groups excluding carboxylic acids is 1. The fourth-order valence-corrected chi connectivity index (χ4v) is 2.95. The standard InChI is InChI=1S/C16H15N3O2/c20-16(18-8-6-12-3-1-2-4-13(12)18)19-9-10-21-15-5-7-17-11-14(15)19/h1-5,7,11H,6,8-10H2. The molecule has 0 atom stereocenters. The number of benzene rings is 1. The number of pyridine rings is 1. The van der Waals surface area contributed by atoms with Crippen molar-refractivity contribution >= 4 is 17.4 Å². The Kier molecular flexibility index (Phi) is 2.77. The third-order valence-electron chi connectivity index (χ3n) is 3.97. The van der Waals surface area contributed by atoms with Crippen molar-refractivity contribution < 1.29 is 9.53 Å². The van der Waals surface area contributed by atoms with Crippen LogP contribution in [0.25, 0.3) is 0 Å². The van der Waals surface area contributed by atoms with Gasteiger partial charge in [-0.15, -0.1) is 0 Å². The van der Waals surface area contributed by atoms with E-state index < -0.39 is 0 Å². The minimum Gasteiger partial charge on any atom is -0.489 e. The minimum atomic E-state index is -0.00231. The highest BCUT2D eigenvalue weighted by molar-refractivity contribution is 6.05. The Morgan fingerprint density at radius 3 is 2.90 bits per heavy atom. The van der Waals surface area contributed by atoms with Crippen LogP contribution >= 0.6 is 0 Å².